The maximum Gasteiger partial charge on any atom is 0.0207 e. The molecule has 0 saturated carbocycles. The molecule has 2 unspecified atom stereocenters. The Morgan fingerprint density at radius 1 is 1.11 bits per heavy atom. The molecule has 0 aliphatic carbocycles. The fourth-order valence-corrected chi connectivity index (χ4v) is 2.98. The van der Waals surface area contributed by atoms with Crippen molar-refractivity contribution in [3.8, 4) is 0 Å². The number of rotatable bonds is 0. The summed E-state index contributed by atoms with van der Waals surface area (Å²) >= 11 is 2.11. The van der Waals surface area contributed by atoms with Crippen LogP contribution in [0, 0.1) is 0 Å². The van der Waals surface area contributed by atoms with E-state index in [1.807, 2.05) is 0 Å². The van der Waals surface area contributed by atoms with Crippen LogP contribution in [0.5, 0.6) is 0 Å². The Labute approximate surface area is 60.9 Å². The summed E-state index contributed by atoms with van der Waals surface area (Å²) in [5, 5.41) is 0.993. The summed E-state index contributed by atoms with van der Waals surface area (Å²) in [6.45, 7) is 2.70. The topological polar surface area (TPSA) is 3.24 Å². The van der Waals surface area contributed by atoms with Gasteiger partial charge in [0.25, 0.3) is 0 Å². The Morgan fingerprint density at radius 2 is 2.11 bits per heavy atom. The maximum atomic E-state index is 2.54. The van der Waals surface area contributed by atoms with Crippen molar-refractivity contribution < 1.29 is 0 Å². The molecule has 0 aromatic heterocycles. The van der Waals surface area contributed by atoms with Crippen LogP contribution in [-0.2, 0) is 0 Å². The fraction of sp³-hybridized carbons (Fsp3) is 1.00. The Morgan fingerprint density at radius 3 is 3.11 bits per heavy atom. The maximum absolute atomic E-state index is 2.54. The third-order valence-electron chi connectivity index (χ3n) is 2.18. The second kappa shape index (κ2) is 2.51. The summed E-state index contributed by atoms with van der Waals surface area (Å²) in [4.78, 5) is 0. The lowest BCUT2D eigenvalue weighted by Gasteiger charge is -2.09. The first-order valence-corrected chi connectivity index (χ1v) is 4.70. The summed E-state index contributed by atoms with van der Waals surface area (Å²) in [5.74, 6) is 0. The van der Waals surface area contributed by atoms with E-state index in [1.54, 1.807) is 0 Å². The van der Waals surface area contributed by atoms with E-state index in [4.69, 9.17) is 0 Å². The lowest BCUT2D eigenvalue weighted by molar-refractivity contribution is 0.444. The Kier molecular flexibility index (Phi) is 1.68. The Hall–Kier alpha value is 0.310. The van der Waals surface area contributed by atoms with E-state index in [1.165, 1.54) is 38.8 Å². The van der Waals surface area contributed by atoms with Crippen molar-refractivity contribution in [2.45, 2.75) is 30.9 Å². The molecule has 2 saturated heterocycles. The van der Waals surface area contributed by atoms with Gasteiger partial charge >= 0.3 is 0 Å². The van der Waals surface area contributed by atoms with E-state index in [2.05, 4.69) is 16.3 Å². The van der Waals surface area contributed by atoms with Gasteiger partial charge in [0.05, 0.1) is 0 Å². The molecule has 52 valence electrons. The molecule has 1 nitrogen and oxygen atoms in total. The van der Waals surface area contributed by atoms with Crippen molar-refractivity contribution >= 4 is 11.9 Å². The van der Waals surface area contributed by atoms with Crippen molar-refractivity contribution in [2.75, 3.05) is 13.1 Å². The molecule has 9 heavy (non-hydrogen) atoms. The lowest BCUT2D eigenvalue weighted by atomic mass is 10.1. The Balaban J connectivity index is 1.99. The molecule has 0 N–H and O–H groups in total. The third-order valence-corrected chi connectivity index (χ3v) is 3.62. The first kappa shape index (κ1) is 6.05. The Bertz CT molecular complexity index is 93.1. The standard InChI is InChI=1S/C7H13NS/c1-2-5-8-6-4-7(3-1)9-8/h7H,1-6H2. The zero-order chi connectivity index (χ0) is 6.10. The van der Waals surface area contributed by atoms with Gasteiger partial charge in [0.15, 0.2) is 0 Å². The van der Waals surface area contributed by atoms with Crippen LogP contribution in [0.3, 0.4) is 0 Å². The predicted molar refractivity (Wildman–Crippen MR) is 41.4 cm³/mol. The van der Waals surface area contributed by atoms with Gasteiger partial charge in [0.1, 0.15) is 0 Å². The second-order valence-corrected chi connectivity index (χ2v) is 4.33. The van der Waals surface area contributed by atoms with Gasteiger partial charge < -0.3 is 0 Å². The molecule has 2 heteroatoms. The number of hydrogen-bond donors (Lipinski definition) is 0. The van der Waals surface area contributed by atoms with Crippen LogP contribution in [0.4, 0.5) is 0 Å². The van der Waals surface area contributed by atoms with Gasteiger partial charge in [-0.1, -0.05) is 18.4 Å². The molecular formula is C7H13NS. The molecule has 2 aliphatic rings. The zero-order valence-corrected chi connectivity index (χ0v) is 6.49. The largest absolute Gasteiger partial charge is 0.250 e. The highest BCUT2D eigenvalue weighted by molar-refractivity contribution is 7.97. The van der Waals surface area contributed by atoms with Crippen molar-refractivity contribution in [1.82, 2.24) is 4.31 Å². The number of nitrogens with zero attached hydrogens (tertiary/aromatic N) is 1. The van der Waals surface area contributed by atoms with Gasteiger partial charge in [-0.3, -0.25) is 4.31 Å². The van der Waals surface area contributed by atoms with Crippen LogP contribution in [-0.4, -0.2) is 22.6 Å². The molecule has 2 atom stereocenters. The summed E-state index contributed by atoms with van der Waals surface area (Å²) in [6.07, 6.45) is 5.82. The average molecular weight is 143 g/mol. The van der Waals surface area contributed by atoms with Gasteiger partial charge in [-0.05, 0) is 19.3 Å². The third kappa shape index (κ3) is 1.24. The van der Waals surface area contributed by atoms with E-state index in [0.717, 1.165) is 5.25 Å². The molecule has 2 bridgehead atoms. The fourth-order valence-electron chi connectivity index (χ4n) is 1.63. The molecule has 2 rings (SSSR count). The van der Waals surface area contributed by atoms with Gasteiger partial charge in [0, 0.05) is 18.3 Å². The quantitative estimate of drug-likeness (QED) is 0.476. The summed E-state index contributed by atoms with van der Waals surface area (Å²) in [5.41, 5.74) is 0. The molecule has 2 fully saturated rings. The van der Waals surface area contributed by atoms with Crippen molar-refractivity contribution in [3.63, 3.8) is 0 Å². The van der Waals surface area contributed by atoms with E-state index < -0.39 is 0 Å². The monoisotopic (exact) mass is 143 g/mol. The second-order valence-electron chi connectivity index (χ2n) is 2.94. The van der Waals surface area contributed by atoms with Crippen LogP contribution in [0.2, 0.25) is 0 Å². The molecular weight excluding hydrogens is 130 g/mol. The highest BCUT2D eigenvalue weighted by Crippen LogP contribution is 2.34. The molecule has 0 aromatic carbocycles. The summed E-state index contributed by atoms with van der Waals surface area (Å²) in [7, 11) is 0. The molecule has 0 aromatic rings. The SMILES string of the molecule is C1CCN2CCC(C1)S2. The van der Waals surface area contributed by atoms with E-state index in [-0.39, 0.29) is 0 Å². The number of fused-ring (bicyclic) bond motifs is 2. The first-order valence-electron chi connectivity index (χ1n) is 3.87. The first-order chi connectivity index (χ1) is 4.45. The van der Waals surface area contributed by atoms with Crippen molar-refractivity contribution in [1.29, 1.82) is 0 Å². The number of hydrogen-bond acceptors (Lipinski definition) is 2. The van der Waals surface area contributed by atoms with Gasteiger partial charge in [-0.25, -0.2) is 0 Å². The molecule has 0 spiro atoms. The van der Waals surface area contributed by atoms with Gasteiger partial charge in [0.2, 0.25) is 0 Å². The minimum absolute atomic E-state index is 0.993. The van der Waals surface area contributed by atoms with Crippen LogP contribution < -0.4 is 0 Å². The predicted octanol–water partition coefficient (Wildman–Crippen LogP) is 1.89. The van der Waals surface area contributed by atoms with Crippen LogP contribution >= 0.6 is 11.9 Å². The van der Waals surface area contributed by atoms with E-state index >= 15 is 0 Å². The van der Waals surface area contributed by atoms with Gasteiger partial charge in [-0.2, -0.15) is 0 Å². The highest BCUT2D eigenvalue weighted by Gasteiger charge is 2.24. The molecule has 2 heterocycles. The molecule has 0 radical (unpaired) electrons. The minimum Gasteiger partial charge on any atom is -0.250 e. The van der Waals surface area contributed by atoms with Crippen LogP contribution in [0.1, 0.15) is 25.7 Å². The molecule has 0 amide bonds. The summed E-state index contributed by atoms with van der Waals surface area (Å²) in [6, 6.07) is 0. The van der Waals surface area contributed by atoms with Crippen LogP contribution in [0.15, 0.2) is 0 Å². The average Bonchev–Trinajstić information content (AvgIpc) is 2.09. The highest BCUT2D eigenvalue weighted by atomic mass is 32.2. The lowest BCUT2D eigenvalue weighted by Crippen LogP contribution is -2.12. The zero-order valence-electron chi connectivity index (χ0n) is 5.68. The smallest absolute Gasteiger partial charge is 0.0207 e. The molecule has 2 aliphatic heterocycles. The normalized spacial score (nSPS) is 42.7. The van der Waals surface area contributed by atoms with E-state index in [0.29, 0.717) is 0 Å². The van der Waals surface area contributed by atoms with Crippen molar-refractivity contribution in [3.05, 3.63) is 0 Å². The summed E-state index contributed by atoms with van der Waals surface area (Å²) < 4.78 is 2.54. The van der Waals surface area contributed by atoms with Gasteiger partial charge in [-0.15, -0.1) is 0 Å². The van der Waals surface area contributed by atoms with E-state index in [9.17, 15) is 0 Å². The van der Waals surface area contributed by atoms with Crippen molar-refractivity contribution in [2.24, 2.45) is 0 Å². The minimum atomic E-state index is 0.993. The van der Waals surface area contributed by atoms with Crippen LogP contribution in [0.25, 0.3) is 0 Å².